The third kappa shape index (κ3) is 3.35. The summed E-state index contributed by atoms with van der Waals surface area (Å²) < 4.78 is 13.6. The van der Waals surface area contributed by atoms with Crippen LogP contribution in [0.5, 0.6) is 5.75 Å². The van der Waals surface area contributed by atoms with Crippen molar-refractivity contribution in [2.24, 2.45) is 5.73 Å². The molecule has 2 unspecified atom stereocenters. The number of phenols is 1. The van der Waals surface area contributed by atoms with Crippen molar-refractivity contribution in [2.75, 3.05) is 6.54 Å². The number of rotatable bonds is 5. The van der Waals surface area contributed by atoms with Gasteiger partial charge in [-0.2, -0.15) is 0 Å². The molecule has 0 amide bonds. The van der Waals surface area contributed by atoms with Crippen LogP contribution in [0, 0.1) is 0 Å². The van der Waals surface area contributed by atoms with Crippen molar-refractivity contribution in [1.29, 1.82) is 0 Å². The maximum absolute atomic E-state index is 13.5. The number of hydrogen-bond donors (Lipinski definition) is 3. The first-order valence-corrected chi connectivity index (χ1v) is 15.0. The molecule has 1 aromatic heterocycles. The molecule has 2 aromatic rings. The van der Waals surface area contributed by atoms with E-state index in [1.807, 2.05) is 35.5 Å². The first kappa shape index (κ1) is 24.1. The lowest BCUT2D eigenvalue weighted by molar-refractivity contribution is -0.181. The number of fused-ring (bicyclic) bond motifs is 4. The number of cyclic esters (lactones) is 1. The minimum absolute atomic E-state index is 0.0397. The Hall–Kier alpha value is -3.63. The molecule has 10 heteroatoms. The predicted octanol–water partition coefficient (Wildman–Crippen LogP) is 0.847. The highest BCUT2D eigenvalue weighted by Gasteiger charge is 2.57. The zero-order chi connectivity index (χ0) is 26.0. The lowest BCUT2D eigenvalue weighted by Gasteiger charge is -2.44. The Morgan fingerprint density at radius 1 is 1.42 bits per heavy atom. The number of carbonyl (C=O) groups excluding carboxylic acids is 2. The Labute approximate surface area is 208 Å². The average Bonchev–Trinajstić information content (AvgIpc) is 3.21. The predicted molar refractivity (Wildman–Crippen MR) is 135 cm³/mol. The highest BCUT2D eigenvalue weighted by Crippen LogP contribution is 2.44. The Balaban J connectivity index is 1.79. The summed E-state index contributed by atoms with van der Waals surface area (Å²) in [4.78, 5) is 30.6. The van der Waals surface area contributed by atoms with Gasteiger partial charge in [-0.25, -0.2) is 9.78 Å². The third-order valence-corrected chi connectivity index (χ3v) is 10.2. The topological polar surface area (TPSA) is 137 Å². The molecule has 3 aliphatic rings. The summed E-state index contributed by atoms with van der Waals surface area (Å²) in [6.45, 7) is 9.74. The molecule has 0 fully saturated rings. The summed E-state index contributed by atoms with van der Waals surface area (Å²) in [5.74, 6) is -1.29. The van der Waals surface area contributed by atoms with E-state index in [1.165, 1.54) is 0 Å². The molecule has 4 N–H and O–H groups in total. The van der Waals surface area contributed by atoms with Gasteiger partial charge in [-0.15, -0.1) is 6.58 Å². The zero-order valence-corrected chi connectivity index (χ0v) is 21.5. The maximum atomic E-state index is 13.5. The van der Waals surface area contributed by atoms with Gasteiger partial charge in [-0.3, -0.25) is 4.79 Å². The number of nitrogens with two attached hydrogens (primary N) is 1. The van der Waals surface area contributed by atoms with E-state index in [1.54, 1.807) is 19.1 Å². The Morgan fingerprint density at radius 2 is 2.17 bits per heavy atom. The minimum Gasteiger partial charge on any atom is -0.508 e. The van der Waals surface area contributed by atoms with Gasteiger partial charge in [0.15, 0.2) is 0 Å². The smallest absolute Gasteiger partial charge is 0.355 e. The van der Waals surface area contributed by atoms with Crippen molar-refractivity contribution in [2.45, 2.75) is 50.7 Å². The van der Waals surface area contributed by atoms with Gasteiger partial charge in [0.05, 0.1) is 18.8 Å². The minimum atomic E-state index is -2.44. The molecule has 36 heavy (non-hydrogen) atoms. The second kappa shape index (κ2) is 8.21. The van der Waals surface area contributed by atoms with E-state index < -0.39 is 37.9 Å². The molecule has 5 rings (SSSR count). The van der Waals surface area contributed by atoms with E-state index in [9.17, 15) is 19.8 Å². The monoisotopic (exact) mass is 507 g/mol. The number of phenolic OH excluding ortho intramolecular Hbond substituents is 1. The molecule has 2 aliphatic heterocycles. The first-order chi connectivity index (χ1) is 17.1. The number of aliphatic hydroxyl groups is 1. The van der Waals surface area contributed by atoms with Crippen LogP contribution >= 0.6 is 0 Å². The SMILES string of the molecule is C=C[Si](C)(C)C1OC(=O)C(CC)(OC(=O)CN)C2=C1C(O)=c1c(nc3n1Cc1ccc(O)cc1C=3)C2. The second-order valence-corrected chi connectivity index (χ2v) is 14.5. The van der Waals surface area contributed by atoms with E-state index in [-0.39, 0.29) is 24.4 Å². The van der Waals surface area contributed by atoms with Gasteiger partial charge in [0.2, 0.25) is 5.60 Å². The molecule has 3 heterocycles. The Morgan fingerprint density at radius 3 is 2.83 bits per heavy atom. The molecule has 188 valence electrons. The van der Waals surface area contributed by atoms with Crippen LogP contribution in [0.2, 0.25) is 13.1 Å². The lowest BCUT2D eigenvalue weighted by atomic mass is 9.79. The summed E-state index contributed by atoms with van der Waals surface area (Å²) in [6.07, 6.45) is 2.17. The highest BCUT2D eigenvalue weighted by atomic mass is 28.3. The summed E-state index contributed by atoms with van der Waals surface area (Å²) >= 11 is 0. The van der Waals surface area contributed by atoms with Crippen LogP contribution in [0.4, 0.5) is 0 Å². The number of aromatic nitrogens is 2. The standard InChI is InChI=1S/C26H29N3O6Si/c1-5-26(35-20(31)12-27)17-11-18-22(23(32)21(17)24(34-25(26)33)36(3,4)6-2)29-13-14-7-8-16(30)9-15(14)10-19(29)28-18/h6-10,24,30,32H,2,5,11-13,27H2,1,3-4H3. The number of aromatic hydroxyl groups is 1. The number of ether oxygens (including phenoxy) is 2. The molecule has 2 atom stereocenters. The number of carbonyl (C=O) groups is 2. The van der Waals surface area contributed by atoms with Crippen molar-refractivity contribution < 1.29 is 29.3 Å². The van der Waals surface area contributed by atoms with Crippen LogP contribution in [0.3, 0.4) is 0 Å². The third-order valence-electron chi connectivity index (χ3n) is 7.42. The van der Waals surface area contributed by atoms with Crippen molar-refractivity contribution in [1.82, 2.24) is 9.55 Å². The van der Waals surface area contributed by atoms with Crippen LogP contribution in [-0.4, -0.2) is 57.6 Å². The zero-order valence-electron chi connectivity index (χ0n) is 20.5. The Kier molecular flexibility index (Phi) is 5.49. The number of nitrogens with zero attached hydrogens (tertiary/aromatic N) is 2. The normalized spacial score (nSPS) is 22.5. The fourth-order valence-corrected chi connectivity index (χ4v) is 6.99. The van der Waals surface area contributed by atoms with Crippen LogP contribution in [0.1, 0.15) is 30.2 Å². The molecule has 0 saturated carbocycles. The summed E-state index contributed by atoms with van der Waals surface area (Å²) in [5.41, 5.74) is 8.85. The van der Waals surface area contributed by atoms with E-state index >= 15 is 0 Å². The second-order valence-electron chi connectivity index (χ2n) is 9.97. The molecule has 9 nitrogen and oxygen atoms in total. The van der Waals surface area contributed by atoms with Gasteiger partial charge >= 0.3 is 11.9 Å². The molecule has 0 radical (unpaired) electrons. The summed E-state index contributed by atoms with van der Waals surface area (Å²) in [6, 6.07) is 5.14. The van der Waals surface area contributed by atoms with E-state index in [4.69, 9.17) is 20.2 Å². The fourth-order valence-electron chi connectivity index (χ4n) is 5.31. The van der Waals surface area contributed by atoms with Crippen molar-refractivity contribution in [3.05, 3.63) is 69.3 Å². The molecular formula is C26H29N3O6Si. The maximum Gasteiger partial charge on any atom is 0.355 e. The van der Waals surface area contributed by atoms with Crippen LogP contribution < -0.4 is 16.6 Å². The summed E-state index contributed by atoms with van der Waals surface area (Å²) in [5, 5.41) is 22.3. The number of aliphatic hydroxyl groups excluding tert-OH is 1. The highest BCUT2D eigenvalue weighted by molar-refractivity contribution is 6.84. The molecule has 1 aliphatic carbocycles. The van der Waals surface area contributed by atoms with Crippen LogP contribution in [0.15, 0.2) is 41.6 Å². The van der Waals surface area contributed by atoms with Gasteiger partial charge in [0, 0.05) is 17.6 Å². The van der Waals surface area contributed by atoms with E-state index in [0.717, 1.165) is 11.1 Å². The Bertz CT molecular complexity index is 1490. The number of hydrogen-bond acceptors (Lipinski definition) is 8. The fraction of sp³-hybridized carbons (Fsp3) is 0.346. The molecule has 1 aromatic carbocycles. The van der Waals surface area contributed by atoms with Crippen molar-refractivity contribution in [3.8, 4) is 5.75 Å². The van der Waals surface area contributed by atoms with Gasteiger partial charge < -0.3 is 30.0 Å². The van der Waals surface area contributed by atoms with Gasteiger partial charge in [0.1, 0.15) is 36.1 Å². The van der Waals surface area contributed by atoms with E-state index in [0.29, 0.717) is 34.2 Å². The summed E-state index contributed by atoms with van der Waals surface area (Å²) in [7, 11) is -2.44. The number of esters is 2. The van der Waals surface area contributed by atoms with Crippen LogP contribution in [-0.2, 0) is 32.0 Å². The van der Waals surface area contributed by atoms with Gasteiger partial charge in [-0.05, 0) is 35.8 Å². The van der Waals surface area contributed by atoms with Gasteiger partial charge in [-0.1, -0.05) is 31.8 Å². The molecule has 0 bridgehead atoms. The number of benzene rings is 1. The molecule has 0 spiro atoms. The number of imidazole rings is 1. The molecule has 0 saturated heterocycles. The van der Waals surface area contributed by atoms with Crippen molar-refractivity contribution in [3.63, 3.8) is 0 Å². The van der Waals surface area contributed by atoms with Crippen LogP contribution in [0.25, 0.3) is 11.8 Å². The largest absolute Gasteiger partial charge is 0.508 e. The average molecular weight is 508 g/mol. The molecular weight excluding hydrogens is 478 g/mol. The van der Waals surface area contributed by atoms with E-state index in [2.05, 4.69) is 6.58 Å². The van der Waals surface area contributed by atoms with Gasteiger partial charge in [0.25, 0.3) is 0 Å². The first-order valence-electron chi connectivity index (χ1n) is 11.9. The van der Waals surface area contributed by atoms with Crippen molar-refractivity contribution >= 4 is 31.8 Å². The lowest BCUT2D eigenvalue weighted by Crippen LogP contribution is -2.59. The quantitative estimate of drug-likeness (QED) is 0.341.